The van der Waals surface area contributed by atoms with Gasteiger partial charge in [-0.2, -0.15) is 0 Å². The Kier molecular flexibility index (Phi) is 6.90. The molecule has 1 aromatic rings. The van der Waals surface area contributed by atoms with Crippen LogP contribution in [0.3, 0.4) is 0 Å². The van der Waals surface area contributed by atoms with Crippen molar-refractivity contribution in [3.05, 3.63) is 57.4 Å². The number of dihydropyridines is 1. The molecular weight excluding hydrogens is 418 g/mol. The monoisotopic (exact) mass is 445 g/mol. The number of hydrogen-bond acceptors (Lipinski definition) is 6. The molecule has 31 heavy (non-hydrogen) atoms. The standard InChI is InChI=1S/C24H28ClNO5/c1-6-13(3)31-24(29)19-14(4)26-17-10-12(2)18(23(28)30-5)22(27)21(17)20(19)15-8-7-9-16(25)11-15/h7-9,11-13,18,20,26H,6,10H2,1-5H3/t12-,13+,18+,20+/m0/s1. The summed E-state index contributed by atoms with van der Waals surface area (Å²) in [6.45, 7) is 7.41. The zero-order chi connectivity index (χ0) is 22.9. The minimum Gasteiger partial charge on any atom is -0.468 e. The van der Waals surface area contributed by atoms with Gasteiger partial charge in [-0.05, 0) is 50.3 Å². The molecule has 3 rings (SSSR count). The molecule has 1 aliphatic carbocycles. The first kappa shape index (κ1) is 23.1. The third-order valence-corrected chi connectivity index (χ3v) is 6.26. The van der Waals surface area contributed by atoms with Gasteiger partial charge in [0.1, 0.15) is 5.92 Å². The number of allylic oxidation sites excluding steroid dienone is 3. The fourth-order valence-electron chi connectivity index (χ4n) is 4.30. The van der Waals surface area contributed by atoms with E-state index in [0.717, 1.165) is 5.70 Å². The van der Waals surface area contributed by atoms with Crippen molar-refractivity contribution in [1.29, 1.82) is 0 Å². The van der Waals surface area contributed by atoms with Gasteiger partial charge in [0.25, 0.3) is 0 Å². The summed E-state index contributed by atoms with van der Waals surface area (Å²) in [5, 5.41) is 3.74. The molecule has 1 aromatic carbocycles. The summed E-state index contributed by atoms with van der Waals surface area (Å²) in [6.07, 6.45) is 0.888. The summed E-state index contributed by atoms with van der Waals surface area (Å²) in [5.74, 6) is -3.22. The van der Waals surface area contributed by atoms with Crippen molar-refractivity contribution < 1.29 is 23.9 Å². The third-order valence-electron chi connectivity index (χ3n) is 6.03. The fraction of sp³-hybridized carbons (Fsp3) is 0.458. The summed E-state index contributed by atoms with van der Waals surface area (Å²) < 4.78 is 10.5. The number of Topliss-reactive ketones (excluding diaryl/α,β-unsaturated/α-hetero) is 1. The lowest BCUT2D eigenvalue weighted by Gasteiger charge is -2.38. The zero-order valence-electron chi connectivity index (χ0n) is 18.5. The molecule has 1 heterocycles. The molecule has 0 saturated heterocycles. The Hall–Kier alpha value is -2.60. The molecule has 1 aliphatic heterocycles. The second-order valence-corrected chi connectivity index (χ2v) is 8.65. The van der Waals surface area contributed by atoms with Gasteiger partial charge in [-0.3, -0.25) is 9.59 Å². The number of rotatable bonds is 5. The number of methoxy groups -OCH3 is 1. The van der Waals surface area contributed by atoms with Crippen LogP contribution in [0.1, 0.15) is 52.0 Å². The topological polar surface area (TPSA) is 81.7 Å². The summed E-state index contributed by atoms with van der Waals surface area (Å²) in [5.41, 5.74) is 2.81. The van der Waals surface area contributed by atoms with Gasteiger partial charge in [-0.15, -0.1) is 0 Å². The fourth-order valence-corrected chi connectivity index (χ4v) is 4.50. The quantitative estimate of drug-likeness (QED) is 0.537. The second kappa shape index (κ2) is 9.27. The molecule has 0 fully saturated rings. The van der Waals surface area contributed by atoms with Gasteiger partial charge < -0.3 is 14.8 Å². The molecule has 4 atom stereocenters. The van der Waals surface area contributed by atoms with Crippen molar-refractivity contribution in [3.63, 3.8) is 0 Å². The predicted molar refractivity (Wildman–Crippen MR) is 117 cm³/mol. The molecule has 0 spiro atoms. The number of ether oxygens (including phenoxy) is 2. The molecule has 0 bridgehead atoms. The Labute approximate surface area is 187 Å². The molecule has 0 aromatic heterocycles. The lowest BCUT2D eigenvalue weighted by Crippen LogP contribution is -2.43. The molecule has 0 saturated carbocycles. The lowest BCUT2D eigenvalue weighted by atomic mass is 9.69. The number of ketones is 1. The van der Waals surface area contributed by atoms with Crippen LogP contribution in [0.2, 0.25) is 5.02 Å². The van der Waals surface area contributed by atoms with Crippen molar-refractivity contribution in [2.75, 3.05) is 7.11 Å². The molecule has 7 heteroatoms. The van der Waals surface area contributed by atoms with Crippen LogP contribution in [0, 0.1) is 11.8 Å². The smallest absolute Gasteiger partial charge is 0.337 e. The van der Waals surface area contributed by atoms with Gasteiger partial charge >= 0.3 is 11.9 Å². The highest BCUT2D eigenvalue weighted by Crippen LogP contribution is 2.45. The summed E-state index contributed by atoms with van der Waals surface area (Å²) in [7, 11) is 1.28. The number of esters is 2. The van der Waals surface area contributed by atoms with Crippen LogP contribution >= 0.6 is 11.6 Å². The molecular formula is C24H28ClNO5. The van der Waals surface area contributed by atoms with Crippen molar-refractivity contribution >= 4 is 29.3 Å². The van der Waals surface area contributed by atoms with Crippen LogP contribution in [-0.2, 0) is 23.9 Å². The van der Waals surface area contributed by atoms with Gasteiger partial charge in [0.05, 0.1) is 18.8 Å². The van der Waals surface area contributed by atoms with Crippen LogP contribution in [0.4, 0.5) is 0 Å². The highest BCUT2D eigenvalue weighted by Gasteiger charge is 2.47. The lowest BCUT2D eigenvalue weighted by molar-refractivity contribution is -0.151. The largest absolute Gasteiger partial charge is 0.468 e. The normalized spacial score (nSPS) is 24.3. The average molecular weight is 446 g/mol. The van der Waals surface area contributed by atoms with E-state index in [0.29, 0.717) is 40.3 Å². The minimum absolute atomic E-state index is 0.229. The maximum atomic E-state index is 13.6. The van der Waals surface area contributed by atoms with Crippen LogP contribution in [0.15, 0.2) is 46.8 Å². The van der Waals surface area contributed by atoms with Crippen LogP contribution in [-0.4, -0.2) is 30.9 Å². The number of hydrogen-bond donors (Lipinski definition) is 1. The van der Waals surface area contributed by atoms with Gasteiger partial charge in [-0.25, -0.2) is 4.79 Å². The summed E-state index contributed by atoms with van der Waals surface area (Å²) in [4.78, 5) is 39.2. The van der Waals surface area contributed by atoms with Gasteiger partial charge in [-0.1, -0.05) is 37.6 Å². The number of carbonyl (C=O) groups excluding carboxylic acids is 3. The van der Waals surface area contributed by atoms with Gasteiger partial charge in [0.2, 0.25) is 0 Å². The average Bonchev–Trinajstić information content (AvgIpc) is 2.72. The Morgan fingerprint density at radius 2 is 2.03 bits per heavy atom. The first-order valence-electron chi connectivity index (χ1n) is 10.5. The van der Waals surface area contributed by atoms with Crippen molar-refractivity contribution in [2.24, 2.45) is 11.8 Å². The SMILES string of the molecule is CC[C@@H](C)OC(=O)C1=C(C)NC2=C(C(=O)[C@H](C(=O)OC)[C@@H](C)C2)[C@@H]1c1cccc(Cl)c1. The maximum absolute atomic E-state index is 13.6. The summed E-state index contributed by atoms with van der Waals surface area (Å²) >= 11 is 6.25. The van der Waals surface area contributed by atoms with E-state index < -0.39 is 23.8 Å². The van der Waals surface area contributed by atoms with Crippen LogP contribution in [0.5, 0.6) is 0 Å². The van der Waals surface area contributed by atoms with Gasteiger partial charge in [0, 0.05) is 27.9 Å². The highest BCUT2D eigenvalue weighted by molar-refractivity contribution is 6.30. The minimum atomic E-state index is -0.919. The molecule has 6 nitrogen and oxygen atoms in total. The van der Waals surface area contributed by atoms with E-state index in [1.165, 1.54) is 7.11 Å². The van der Waals surface area contributed by atoms with E-state index in [2.05, 4.69) is 5.32 Å². The summed E-state index contributed by atoms with van der Waals surface area (Å²) in [6, 6.07) is 7.08. The molecule has 1 N–H and O–H groups in total. The number of benzene rings is 1. The predicted octanol–water partition coefficient (Wildman–Crippen LogP) is 4.29. The Morgan fingerprint density at radius 1 is 1.32 bits per heavy atom. The van der Waals surface area contributed by atoms with E-state index >= 15 is 0 Å². The molecule has 0 amide bonds. The van der Waals surface area contributed by atoms with E-state index in [1.54, 1.807) is 25.1 Å². The van der Waals surface area contributed by atoms with Crippen LogP contribution < -0.4 is 5.32 Å². The first-order chi connectivity index (χ1) is 14.7. The number of nitrogens with one attached hydrogen (secondary N) is 1. The van der Waals surface area contributed by atoms with Gasteiger partial charge in [0.15, 0.2) is 5.78 Å². The Bertz CT molecular complexity index is 980. The van der Waals surface area contributed by atoms with E-state index in [-0.39, 0.29) is 17.8 Å². The van der Waals surface area contributed by atoms with Crippen molar-refractivity contribution in [1.82, 2.24) is 5.32 Å². The van der Waals surface area contributed by atoms with E-state index in [4.69, 9.17) is 21.1 Å². The molecule has 0 radical (unpaired) electrons. The molecule has 0 unspecified atom stereocenters. The third kappa shape index (κ3) is 4.40. The van der Waals surface area contributed by atoms with Crippen molar-refractivity contribution in [2.45, 2.75) is 52.6 Å². The Morgan fingerprint density at radius 3 is 2.65 bits per heavy atom. The second-order valence-electron chi connectivity index (χ2n) is 8.21. The number of halogens is 1. The van der Waals surface area contributed by atoms with Crippen molar-refractivity contribution in [3.8, 4) is 0 Å². The Balaban J connectivity index is 2.17. The maximum Gasteiger partial charge on any atom is 0.337 e. The highest BCUT2D eigenvalue weighted by atomic mass is 35.5. The zero-order valence-corrected chi connectivity index (χ0v) is 19.2. The number of carbonyl (C=O) groups is 3. The molecule has 166 valence electrons. The molecule has 2 aliphatic rings. The first-order valence-corrected chi connectivity index (χ1v) is 10.9. The van der Waals surface area contributed by atoms with E-state index in [1.807, 2.05) is 26.8 Å². The van der Waals surface area contributed by atoms with E-state index in [9.17, 15) is 14.4 Å². The van der Waals surface area contributed by atoms with Crippen LogP contribution in [0.25, 0.3) is 0 Å².